The van der Waals surface area contributed by atoms with E-state index in [2.05, 4.69) is 5.32 Å². The molecule has 0 aliphatic rings. The predicted octanol–water partition coefficient (Wildman–Crippen LogP) is 3.58. The smallest absolute Gasteiger partial charge is 0.269 e. The summed E-state index contributed by atoms with van der Waals surface area (Å²) in [7, 11) is 0. The maximum Gasteiger partial charge on any atom is 0.269 e. The van der Waals surface area contributed by atoms with Gasteiger partial charge in [-0.3, -0.25) is 10.1 Å². The molecule has 4 nitrogen and oxygen atoms in total. The molecule has 0 saturated heterocycles. The molecule has 0 amide bonds. The molecule has 0 aliphatic heterocycles. The van der Waals surface area contributed by atoms with Crippen molar-refractivity contribution in [3.63, 3.8) is 0 Å². The Morgan fingerprint density at radius 1 is 1.00 bits per heavy atom. The van der Waals surface area contributed by atoms with Crippen molar-refractivity contribution in [1.82, 2.24) is 5.32 Å². The van der Waals surface area contributed by atoms with Crippen molar-refractivity contribution < 1.29 is 4.92 Å². The Kier molecular flexibility index (Phi) is 5.09. The second-order valence-electron chi connectivity index (χ2n) is 4.48. The number of halogens is 1. The lowest BCUT2D eigenvalue weighted by atomic mass is 10.1. The van der Waals surface area contributed by atoms with Crippen molar-refractivity contribution in [1.29, 1.82) is 0 Å². The van der Waals surface area contributed by atoms with E-state index < -0.39 is 0 Å². The van der Waals surface area contributed by atoms with Gasteiger partial charge in [-0.1, -0.05) is 35.9 Å². The number of hydrogen-bond donors (Lipinski definition) is 1. The normalized spacial score (nSPS) is 10.4. The summed E-state index contributed by atoms with van der Waals surface area (Å²) < 4.78 is 0. The molecule has 0 spiro atoms. The van der Waals surface area contributed by atoms with E-state index in [0.29, 0.717) is 0 Å². The van der Waals surface area contributed by atoms with Crippen molar-refractivity contribution >= 4 is 17.3 Å². The maximum absolute atomic E-state index is 10.5. The summed E-state index contributed by atoms with van der Waals surface area (Å²) in [4.78, 5) is 10.2. The Morgan fingerprint density at radius 2 is 1.60 bits per heavy atom. The number of non-ortho nitro benzene ring substituents is 1. The number of rotatable bonds is 6. The molecule has 0 fully saturated rings. The molecular formula is C15H15ClN2O2. The van der Waals surface area contributed by atoms with Crippen LogP contribution in [0.4, 0.5) is 5.69 Å². The molecule has 0 aromatic heterocycles. The summed E-state index contributed by atoms with van der Waals surface area (Å²) in [6, 6.07) is 14.4. The molecule has 0 heterocycles. The van der Waals surface area contributed by atoms with E-state index in [1.807, 2.05) is 24.3 Å². The topological polar surface area (TPSA) is 55.2 Å². The minimum Gasteiger partial charge on any atom is -0.312 e. The second kappa shape index (κ2) is 7.03. The largest absolute Gasteiger partial charge is 0.312 e. The lowest BCUT2D eigenvalue weighted by Gasteiger charge is -2.05. The van der Waals surface area contributed by atoms with Crippen LogP contribution in [0.5, 0.6) is 0 Å². The van der Waals surface area contributed by atoms with Gasteiger partial charge < -0.3 is 5.32 Å². The predicted molar refractivity (Wildman–Crippen MR) is 80.0 cm³/mol. The molecular weight excluding hydrogens is 276 g/mol. The number of nitro benzene ring substituents is 1. The third-order valence-corrected chi connectivity index (χ3v) is 3.23. The highest BCUT2D eigenvalue weighted by Gasteiger charge is 2.03. The number of hydrogen-bond acceptors (Lipinski definition) is 3. The highest BCUT2D eigenvalue weighted by molar-refractivity contribution is 6.30. The van der Waals surface area contributed by atoms with Crippen molar-refractivity contribution in [3.05, 3.63) is 74.8 Å². The van der Waals surface area contributed by atoms with Crippen LogP contribution in [-0.2, 0) is 13.0 Å². The molecule has 0 unspecified atom stereocenters. The van der Waals surface area contributed by atoms with E-state index in [0.717, 1.165) is 30.1 Å². The van der Waals surface area contributed by atoms with Gasteiger partial charge in [0.25, 0.3) is 5.69 Å². The first kappa shape index (κ1) is 14.5. The highest BCUT2D eigenvalue weighted by Crippen LogP contribution is 2.12. The molecule has 0 bridgehead atoms. The van der Waals surface area contributed by atoms with Gasteiger partial charge in [0.15, 0.2) is 0 Å². The summed E-state index contributed by atoms with van der Waals surface area (Å²) in [5.74, 6) is 0. The van der Waals surface area contributed by atoms with Crippen LogP contribution in [0.2, 0.25) is 5.02 Å². The zero-order valence-electron chi connectivity index (χ0n) is 10.9. The molecule has 2 rings (SSSR count). The van der Waals surface area contributed by atoms with Crippen LogP contribution >= 0.6 is 11.6 Å². The Morgan fingerprint density at radius 3 is 2.20 bits per heavy atom. The zero-order chi connectivity index (χ0) is 14.4. The van der Waals surface area contributed by atoms with Crippen LogP contribution in [0.15, 0.2) is 48.5 Å². The standard InChI is InChI=1S/C15H15ClN2O2/c16-14-5-1-13(2-6-14)11-17-10-9-12-3-7-15(8-4-12)18(19)20/h1-8,17H,9-11H2. The van der Waals surface area contributed by atoms with Gasteiger partial charge in [0.1, 0.15) is 0 Å². The van der Waals surface area contributed by atoms with E-state index in [1.54, 1.807) is 12.1 Å². The minimum atomic E-state index is -0.386. The molecule has 1 N–H and O–H groups in total. The summed E-state index contributed by atoms with van der Waals surface area (Å²) in [6.07, 6.45) is 0.839. The molecule has 0 aliphatic carbocycles. The van der Waals surface area contributed by atoms with Crippen molar-refractivity contribution in [2.45, 2.75) is 13.0 Å². The van der Waals surface area contributed by atoms with Crippen molar-refractivity contribution in [3.8, 4) is 0 Å². The Bertz CT molecular complexity index is 567. The van der Waals surface area contributed by atoms with Gasteiger partial charge in [0, 0.05) is 23.7 Å². The first-order valence-corrected chi connectivity index (χ1v) is 6.71. The van der Waals surface area contributed by atoms with E-state index in [4.69, 9.17) is 11.6 Å². The average molecular weight is 291 g/mol. The van der Waals surface area contributed by atoms with Gasteiger partial charge in [-0.2, -0.15) is 0 Å². The molecule has 0 radical (unpaired) electrons. The first-order valence-electron chi connectivity index (χ1n) is 6.33. The third-order valence-electron chi connectivity index (χ3n) is 2.98. The van der Waals surface area contributed by atoms with Crippen LogP contribution in [0.3, 0.4) is 0 Å². The van der Waals surface area contributed by atoms with Crippen molar-refractivity contribution in [2.24, 2.45) is 0 Å². The van der Waals surface area contributed by atoms with Crippen LogP contribution < -0.4 is 5.32 Å². The molecule has 0 saturated carbocycles. The van der Waals surface area contributed by atoms with Crippen LogP contribution in [-0.4, -0.2) is 11.5 Å². The van der Waals surface area contributed by atoms with Gasteiger partial charge in [-0.05, 0) is 36.2 Å². The third kappa shape index (κ3) is 4.33. The van der Waals surface area contributed by atoms with E-state index in [-0.39, 0.29) is 10.6 Å². The number of nitro groups is 1. The van der Waals surface area contributed by atoms with Gasteiger partial charge in [-0.25, -0.2) is 0 Å². The van der Waals surface area contributed by atoms with Gasteiger partial charge in [0.2, 0.25) is 0 Å². The Labute approximate surface area is 122 Å². The van der Waals surface area contributed by atoms with E-state index in [9.17, 15) is 10.1 Å². The highest BCUT2D eigenvalue weighted by atomic mass is 35.5. The van der Waals surface area contributed by atoms with Crippen LogP contribution in [0.25, 0.3) is 0 Å². The summed E-state index contributed by atoms with van der Waals surface area (Å²) in [6.45, 7) is 1.60. The Hall–Kier alpha value is -1.91. The quantitative estimate of drug-likeness (QED) is 0.502. The molecule has 20 heavy (non-hydrogen) atoms. The lowest BCUT2D eigenvalue weighted by Crippen LogP contribution is -2.16. The molecule has 2 aromatic rings. The molecule has 104 valence electrons. The number of benzene rings is 2. The average Bonchev–Trinajstić information content (AvgIpc) is 2.46. The van der Waals surface area contributed by atoms with Gasteiger partial charge in [0.05, 0.1) is 4.92 Å². The first-order chi connectivity index (χ1) is 9.65. The summed E-state index contributed by atoms with van der Waals surface area (Å²) >= 11 is 5.82. The fraction of sp³-hybridized carbons (Fsp3) is 0.200. The van der Waals surface area contributed by atoms with Gasteiger partial charge in [-0.15, -0.1) is 0 Å². The minimum absolute atomic E-state index is 0.128. The lowest BCUT2D eigenvalue weighted by molar-refractivity contribution is -0.384. The summed E-state index contributed by atoms with van der Waals surface area (Å²) in [5.41, 5.74) is 2.39. The number of nitrogens with one attached hydrogen (secondary N) is 1. The van der Waals surface area contributed by atoms with Crippen LogP contribution in [0, 0.1) is 10.1 Å². The molecule has 2 aromatic carbocycles. The zero-order valence-corrected chi connectivity index (χ0v) is 11.6. The molecule has 5 heteroatoms. The van der Waals surface area contributed by atoms with E-state index in [1.165, 1.54) is 17.7 Å². The fourth-order valence-corrected chi connectivity index (χ4v) is 1.98. The monoisotopic (exact) mass is 290 g/mol. The fourth-order valence-electron chi connectivity index (χ4n) is 1.85. The second-order valence-corrected chi connectivity index (χ2v) is 4.91. The van der Waals surface area contributed by atoms with Gasteiger partial charge >= 0.3 is 0 Å². The maximum atomic E-state index is 10.5. The number of nitrogens with zero attached hydrogens (tertiary/aromatic N) is 1. The summed E-state index contributed by atoms with van der Waals surface area (Å²) in [5, 5.41) is 14.6. The van der Waals surface area contributed by atoms with Crippen LogP contribution in [0.1, 0.15) is 11.1 Å². The molecule has 0 atom stereocenters. The SMILES string of the molecule is O=[N+]([O-])c1ccc(CCNCc2ccc(Cl)cc2)cc1. The van der Waals surface area contributed by atoms with Crippen molar-refractivity contribution in [2.75, 3.05) is 6.54 Å². The Balaban J connectivity index is 1.75. The van der Waals surface area contributed by atoms with E-state index >= 15 is 0 Å².